The van der Waals surface area contributed by atoms with Gasteiger partial charge < -0.3 is 15.8 Å². The summed E-state index contributed by atoms with van der Waals surface area (Å²) >= 11 is 0. The van der Waals surface area contributed by atoms with Crippen molar-refractivity contribution < 1.29 is 17.9 Å². The lowest BCUT2D eigenvalue weighted by Gasteiger charge is -2.15. The van der Waals surface area contributed by atoms with Gasteiger partial charge in [0.05, 0.1) is 22.9 Å². The minimum atomic E-state index is -3.29. The van der Waals surface area contributed by atoms with Gasteiger partial charge in [-0.3, -0.25) is 0 Å². The molecular weight excluding hydrogens is 268 g/mol. The predicted octanol–water partition coefficient (Wildman–Crippen LogP) is 1.04. The number of hydrogen-bond acceptors (Lipinski definition) is 6. The van der Waals surface area contributed by atoms with Gasteiger partial charge in [-0.05, 0) is 32.0 Å². The number of carbonyl (C=O) groups is 1. The zero-order valence-electron chi connectivity index (χ0n) is 11.1. The molecule has 0 saturated carbocycles. The van der Waals surface area contributed by atoms with Crippen LogP contribution in [0.2, 0.25) is 0 Å². The summed E-state index contributed by atoms with van der Waals surface area (Å²) in [7, 11) is -3.29. The second-order valence-electron chi connectivity index (χ2n) is 4.14. The van der Waals surface area contributed by atoms with Gasteiger partial charge >= 0.3 is 5.97 Å². The molecule has 0 bridgehead atoms. The molecular formula is C12H18N2O4S. The van der Waals surface area contributed by atoms with Gasteiger partial charge in [0.1, 0.15) is 6.04 Å². The van der Waals surface area contributed by atoms with Crippen molar-refractivity contribution in [2.24, 2.45) is 0 Å². The summed E-state index contributed by atoms with van der Waals surface area (Å²) < 4.78 is 27.6. The number of benzene rings is 1. The Morgan fingerprint density at radius 2 is 2.11 bits per heavy atom. The molecule has 1 unspecified atom stereocenters. The first-order valence-corrected chi connectivity index (χ1v) is 7.67. The van der Waals surface area contributed by atoms with Gasteiger partial charge in [0, 0.05) is 6.26 Å². The van der Waals surface area contributed by atoms with E-state index in [0.29, 0.717) is 12.3 Å². The summed E-state index contributed by atoms with van der Waals surface area (Å²) in [5.74, 6) is -0.394. The van der Waals surface area contributed by atoms with E-state index >= 15 is 0 Å². The second kappa shape index (κ2) is 5.92. The molecule has 0 aliphatic rings. The van der Waals surface area contributed by atoms with Crippen LogP contribution in [0.4, 0.5) is 11.4 Å². The Morgan fingerprint density at radius 3 is 2.58 bits per heavy atom. The van der Waals surface area contributed by atoms with Gasteiger partial charge in [0.2, 0.25) is 0 Å². The van der Waals surface area contributed by atoms with Crippen LogP contribution in [0.3, 0.4) is 0 Å². The normalized spacial score (nSPS) is 12.8. The quantitative estimate of drug-likeness (QED) is 0.620. The number of sulfone groups is 1. The van der Waals surface area contributed by atoms with E-state index in [2.05, 4.69) is 5.32 Å². The second-order valence-corrected chi connectivity index (χ2v) is 6.16. The molecule has 1 atom stereocenters. The van der Waals surface area contributed by atoms with E-state index in [-0.39, 0.29) is 10.6 Å². The van der Waals surface area contributed by atoms with E-state index in [1.807, 2.05) is 0 Å². The number of nitrogens with one attached hydrogen (secondary N) is 1. The van der Waals surface area contributed by atoms with Crippen molar-refractivity contribution in [2.75, 3.05) is 23.9 Å². The fourth-order valence-corrected chi connectivity index (χ4v) is 2.12. The molecule has 1 aromatic rings. The predicted molar refractivity (Wildman–Crippen MR) is 73.7 cm³/mol. The first kappa shape index (κ1) is 15.3. The lowest BCUT2D eigenvalue weighted by atomic mass is 10.2. The highest BCUT2D eigenvalue weighted by Gasteiger charge is 2.16. The zero-order valence-corrected chi connectivity index (χ0v) is 12.0. The van der Waals surface area contributed by atoms with E-state index in [0.717, 1.165) is 6.26 Å². The minimum Gasteiger partial charge on any atom is -0.464 e. The molecule has 0 radical (unpaired) electrons. The SMILES string of the molecule is CCOC(=O)C(C)Nc1ccc(S(C)(=O)=O)cc1N. The fourth-order valence-electron chi connectivity index (χ4n) is 1.46. The van der Waals surface area contributed by atoms with Crippen molar-refractivity contribution in [1.29, 1.82) is 0 Å². The maximum atomic E-state index is 11.5. The number of ether oxygens (including phenoxy) is 1. The minimum absolute atomic E-state index is 0.138. The Hall–Kier alpha value is -1.76. The average molecular weight is 286 g/mol. The molecule has 0 aliphatic heterocycles. The summed E-state index contributed by atoms with van der Waals surface area (Å²) in [4.78, 5) is 11.6. The van der Waals surface area contributed by atoms with Crippen LogP contribution in [0, 0.1) is 0 Å². The van der Waals surface area contributed by atoms with Gasteiger partial charge in [-0.15, -0.1) is 0 Å². The van der Waals surface area contributed by atoms with Crippen molar-refractivity contribution in [3.8, 4) is 0 Å². The summed E-state index contributed by atoms with van der Waals surface area (Å²) in [6.45, 7) is 3.66. The first-order valence-electron chi connectivity index (χ1n) is 5.78. The zero-order chi connectivity index (χ0) is 14.6. The van der Waals surface area contributed by atoms with Crippen LogP contribution in [-0.2, 0) is 19.4 Å². The number of anilines is 2. The smallest absolute Gasteiger partial charge is 0.328 e. The number of hydrogen-bond donors (Lipinski definition) is 2. The molecule has 1 rings (SSSR count). The topological polar surface area (TPSA) is 98.5 Å². The van der Waals surface area contributed by atoms with Crippen LogP contribution in [-0.4, -0.2) is 33.3 Å². The van der Waals surface area contributed by atoms with Crippen molar-refractivity contribution in [3.05, 3.63) is 18.2 Å². The number of carbonyl (C=O) groups excluding carboxylic acids is 1. The van der Waals surface area contributed by atoms with Crippen molar-refractivity contribution in [3.63, 3.8) is 0 Å². The van der Waals surface area contributed by atoms with Crippen LogP contribution in [0.1, 0.15) is 13.8 Å². The van der Waals surface area contributed by atoms with Crippen LogP contribution < -0.4 is 11.1 Å². The molecule has 1 aromatic carbocycles. The van der Waals surface area contributed by atoms with E-state index in [4.69, 9.17) is 10.5 Å². The van der Waals surface area contributed by atoms with Crippen LogP contribution in [0.25, 0.3) is 0 Å². The van der Waals surface area contributed by atoms with Crippen molar-refractivity contribution >= 4 is 27.2 Å². The van der Waals surface area contributed by atoms with E-state index < -0.39 is 21.8 Å². The standard InChI is InChI=1S/C12H18N2O4S/c1-4-18-12(15)8(2)14-11-6-5-9(7-10(11)13)19(3,16)17/h5-8,14H,4,13H2,1-3H3. The molecule has 3 N–H and O–H groups in total. The third-order valence-electron chi connectivity index (χ3n) is 2.46. The van der Waals surface area contributed by atoms with E-state index in [1.54, 1.807) is 13.8 Å². The van der Waals surface area contributed by atoms with Gasteiger partial charge in [-0.2, -0.15) is 0 Å². The number of rotatable bonds is 5. The molecule has 0 aromatic heterocycles. The van der Waals surface area contributed by atoms with Gasteiger partial charge in [0.15, 0.2) is 9.84 Å². The molecule has 0 aliphatic carbocycles. The van der Waals surface area contributed by atoms with Crippen LogP contribution >= 0.6 is 0 Å². The van der Waals surface area contributed by atoms with Gasteiger partial charge in [0.25, 0.3) is 0 Å². The summed E-state index contributed by atoms with van der Waals surface area (Å²) in [5, 5.41) is 2.88. The molecule has 0 heterocycles. The molecule has 7 heteroatoms. The van der Waals surface area contributed by atoms with Gasteiger partial charge in [-0.1, -0.05) is 0 Å². The van der Waals surface area contributed by atoms with Crippen LogP contribution in [0.5, 0.6) is 0 Å². The fraction of sp³-hybridized carbons (Fsp3) is 0.417. The summed E-state index contributed by atoms with van der Waals surface area (Å²) in [6, 6.07) is 3.76. The Labute approximate surface area is 112 Å². The van der Waals surface area contributed by atoms with Gasteiger partial charge in [-0.25, -0.2) is 13.2 Å². The molecule has 0 saturated heterocycles. The molecule has 0 amide bonds. The number of nitrogens with two attached hydrogens (primary N) is 1. The third-order valence-corrected chi connectivity index (χ3v) is 3.57. The molecule has 0 fully saturated rings. The lowest BCUT2D eigenvalue weighted by Crippen LogP contribution is -2.28. The first-order chi connectivity index (χ1) is 8.75. The Morgan fingerprint density at radius 1 is 1.47 bits per heavy atom. The van der Waals surface area contributed by atoms with Crippen molar-refractivity contribution in [1.82, 2.24) is 0 Å². The van der Waals surface area contributed by atoms with Crippen LogP contribution in [0.15, 0.2) is 23.1 Å². The Balaban J connectivity index is 2.89. The van der Waals surface area contributed by atoms with E-state index in [1.165, 1.54) is 18.2 Å². The van der Waals surface area contributed by atoms with E-state index in [9.17, 15) is 13.2 Å². The van der Waals surface area contributed by atoms with Crippen molar-refractivity contribution in [2.45, 2.75) is 24.8 Å². The average Bonchev–Trinajstić information content (AvgIpc) is 2.30. The highest BCUT2D eigenvalue weighted by atomic mass is 32.2. The number of nitrogen functional groups attached to an aromatic ring is 1. The third kappa shape index (κ3) is 4.13. The largest absolute Gasteiger partial charge is 0.464 e. The monoisotopic (exact) mass is 286 g/mol. The summed E-state index contributed by atoms with van der Waals surface area (Å²) in [6.07, 6.45) is 1.11. The molecule has 19 heavy (non-hydrogen) atoms. The molecule has 6 nitrogen and oxygen atoms in total. The maximum Gasteiger partial charge on any atom is 0.328 e. The highest BCUT2D eigenvalue weighted by molar-refractivity contribution is 7.90. The Kier molecular flexibility index (Phi) is 4.77. The number of esters is 1. The maximum absolute atomic E-state index is 11.5. The lowest BCUT2D eigenvalue weighted by molar-refractivity contribution is -0.143. The Bertz CT molecular complexity index is 569. The molecule has 106 valence electrons. The summed E-state index contributed by atoms with van der Waals surface area (Å²) in [5.41, 5.74) is 6.52. The highest BCUT2D eigenvalue weighted by Crippen LogP contribution is 2.23. The molecule has 0 spiro atoms.